The zero-order chi connectivity index (χ0) is 14.2. The summed E-state index contributed by atoms with van der Waals surface area (Å²) in [6, 6.07) is 1.48. The second-order valence-electron chi connectivity index (χ2n) is 5.16. The lowest BCUT2D eigenvalue weighted by molar-refractivity contribution is 0.0876. The SMILES string of the molecule is CC1CCC(C(=O)c2c(Cl)cc(Cl)c(Cl)c2Cl)CC1. The van der Waals surface area contributed by atoms with Gasteiger partial charge in [0.15, 0.2) is 5.78 Å². The molecule has 1 nitrogen and oxygen atoms in total. The predicted molar refractivity (Wildman–Crippen MR) is 81.9 cm³/mol. The van der Waals surface area contributed by atoms with Crippen molar-refractivity contribution >= 4 is 52.2 Å². The van der Waals surface area contributed by atoms with Gasteiger partial charge in [-0.25, -0.2) is 0 Å². The Morgan fingerprint density at radius 2 is 1.58 bits per heavy atom. The first kappa shape index (κ1) is 15.4. The first-order valence-electron chi connectivity index (χ1n) is 6.29. The van der Waals surface area contributed by atoms with Crippen molar-refractivity contribution in [3.63, 3.8) is 0 Å². The molecule has 0 unspecified atom stereocenters. The summed E-state index contributed by atoms with van der Waals surface area (Å²) in [6.07, 6.45) is 3.89. The van der Waals surface area contributed by atoms with E-state index in [1.807, 2.05) is 0 Å². The van der Waals surface area contributed by atoms with E-state index < -0.39 is 0 Å². The van der Waals surface area contributed by atoms with Crippen molar-refractivity contribution in [2.45, 2.75) is 32.6 Å². The second kappa shape index (κ2) is 6.22. The number of carbonyl (C=O) groups is 1. The molecule has 0 radical (unpaired) electrons. The van der Waals surface area contributed by atoms with Gasteiger partial charge < -0.3 is 0 Å². The molecule has 1 aromatic rings. The maximum atomic E-state index is 12.5. The fourth-order valence-corrected chi connectivity index (χ4v) is 3.62. The van der Waals surface area contributed by atoms with Crippen molar-refractivity contribution in [2.75, 3.05) is 0 Å². The zero-order valence-electron chi connectivity index (χ0n) is 10.5. The van der Waals surface area contributed by atoms with E-state index in [-0.39, 0.29) is 31.8 Å². The minimum absolute atomic E-state index is 0.0107. The Hall–Kier alpha value is 0.0500. The molecule has 0 aliphatic heterocycles. The third kappa shape index (κ3) is 3.21. The number of Topliss-reactive ketones (excluding diaryl/α,β-unsaturated/α-hetero) is 1. The van der Waals surface area contributed by atoms with Gasteiger partial charge in [0, 0.05) is 5.92 Å². The van der Waals surface area contributed by atoms with Crippen LogP contribution in [0.15, 0.2) is 6.07 Å². The van der Waals surface area contributed by atoms with E-state index in [9.17, 15) is 4.79 Å². The van der Waals surface area contributed by atoms with Gasteiger partial charge in [-0.3, -0.25) is 4.79 Å². The summed E-state index contributed by atoms with van der Waals surface area (Å²) in [4.78, 5) is 12.5. The number of carbonyl (C=O) groups excluding carboxylic acids is 1. The molecule has 1 fully saturated rings. The molecule has 19 heavy (non-hydrogen) atoms. The Morgan fingerprint density at radius 1 is 1.00 bits per heavy atom. The third-order valence-corrected chi connectivity index (χ3v) is 5.31. The molecule has 1 aromatic carbocycles. The van der Waals surface area contributed by atoms with Crippen LogP contribution < -0.4 is 0 Å². The molecular weight excluding hydrogens is 326 g/mol. The van der Waals surface area contributed by atoms with Gasteiger partial charge in [-0.2, -0.15) is 0 Å². The average molecular weight is 340 g/mol. The highest BCUT2D eigenvalue weighted by molar-refractivity contribution is 6.51. The minimum atomic E-state index is -0.0135. The molecule has 0 atom stereocenters. The molecule has 0 saturated heterocycles. The molecule has 104 valence electrons. The molecule has 2 rings (SSSR count). The van der Waals surface area contributed by atoms with Gasteiger partial charge in [0.25, 0.3) is 0 Å². The molecule has 1 aliphatic rings. The summed E-state index contributed by atoms with van der Waals surface area (Å²) in [5.74, 6) is 0.660. The van der Waals surface area contributed by atoms with Crippen molar-refractivity contribution in [1.82, 2.24) is 0 Å². The molecule has 0 amide bonds. The molecule has 1 saturated carbocycles. The number of hydrogen-bond donors (Lipinski definition) is 0. The first-order chi connectivity index (χ1) is 8.91. The largest absolute Gasteiger partial charge is 0.294 e. The monoisotopic (exact) mass is 338 g/mol. The van der Waals surface area contributed by atoms with Crippen molar-refractivity contribution in [1.29, 1.82) is 0 Å². The smallest absolute Gasteiger partial charge is 0.168 e. The topological polar surface area (TPSA) is 17.1 Å². The van der Waals surface area contributed by atoms with Crippen LogP contribution in [0.4, 0.5) is 0 Å². The predicted octanol–water partition coefficient (Wildman–Crippen LogP) is 6.31. The lowest BCUT2D eigenvalue weighted by Gasteiger charge is -2.25. The maximum absolute atomic E-state index is 12.5. The van der Waals surface area contributed by atoms with Crippen molar-refractivity contribution in [3.05, 3.63) is 31.7 Å². The van der Waals surface area contributed by atoms with Crippen LogP contribution in [0.5, 0.6) is 0 Å². The van der Waals surface area contributed by atoms with Gasteiger partial charge in [-0.05, 0) is 24.8 Å². The average Bonchev–Trinajstić information content (AvgIpc) is 2.37. The lowest BCUT2D eigenvalue weighted by atomic mass is 9.79. The van der Waals surface area contributed by atoms with Crippen LogP contribution >= 0.6 is 46.4 Å². The van der Waals surface area contributed by atoms with Crippen molar-refractivity contribution in [3.8, 4) is 0 Å². The normalized spacial score (nSPS) is 23.4. The molecule has 0 spiro atoms. The van der Waals surface area contributed by atoms with Crippen LogP contribution in [0.25, 0.3) is 0 Å². The number of benzene rings is 1. The molecule has 0 aromatic heterocycles. The molecule has 0 bridgehead atoms. The van der Waals surface area contributed by atoms with Crippen LogP contribution in [0.1, 0.15) is 43.0 Å². The van der Waals surface area contributed by atoms with Gasteiger partial charge in [-0.1, -0.05) is 66.2 Å². The van der Waals surface area contributed by atoms with Crippen molar-refractivity contribution < 1.29 is 4.79 Å². The Kier molecular flexibility index (Phi) is 5.05. The van der Waals surface area contributed by atoms with E-state index in [1.54, 1.807) is 0 Å². The zero-order valence-corrected chi connectivity index (χ0v) is 13.5. The Morgan fingerprint density at radius 3 is 2.16 bits per heavy atom. The number of rotatable bonds is 2. The second-order valence-corrected chi connectivity index (χ2v) is 6.73. The van der Waals surface area contributed by atoms with E-state index in [4.69, 9.17) is 46.4 Å². The summed E-state index contributed by atoms with van der Waals surface area (Å²) >= 11 is 24.1. The highest BCUT2D eigenvalue weighted by Gasteiger charge is 2.29. The molecule has 5 heteroatoms. The van der Waals surface area contributed by atoms with Gasteiger partial charge in [0.05, 0.1) is 25.7 Å². The van der Waals surface area contributed by atoms with Gasteiger partial charge in [0.2, 0.25) is 0 Å². The molecule has 0 heterocycles. The lowest BCUT2D eigenvalue weighted by Crippen LogP contribution is -2.21. The summed E-state index contributed by atoms with van der Waals surface area (Å²) in [7, 11) is 0. The maximum Gasteiger partial charge on any atom is 0.168 e. The fourth-order valence-electron chi connectivity index (χ4n) is 2.52. The van der Waals surface area contributed by atoms with Gasteiger partial charge in [0.1, 0.15) is 0 Å². The molecular formula is C14H14Cl4O. The Bertz CT molecular complexity index is 505. The fraction of sp³-hybridized carbons (Fsp3) is 0.500. The first-order valence-corrected chi connectivity index (χ1v) is 7.80. The highest BCUT2D eigenvalue weighted by Crippen LogP contribution is 2.40. The number of hydrogen-bond acceptors (Lipinski definition) is 1. The van der Waals surface area contributed by atoms with Crippen LogP contribution in [0.2, 0.25) is 20.1 Å². The Balaban J connectivity index is 2.32. The summed E-state index contributed by atoms with van der Waals surface area (Å²) in [6.45, 7) is 2.21. The van der Waals surface area contributed by atoms with Gasteiger partial charge in [-0.15, -0.1) is 0 Å². The molecule has 1 aliphatic carbocycles. The van der Waals surface area contributed by atoms with E-state index in [0.29, 0.717) is 11.5 Å². The van der Waals surface area contributed by atoms with Crippen LogP contribution in [0, 0.1) is 11.8 Å². The molecule has 0 N–H and O–H groups in total. The quantitative estimate of drug-likeness (QED) is 0.350. The summed E-state index contributed by atoms with van der Waals surface area (Å²) < 4.78 is 0. The Labute approximate surface area is 133 Å². The highest BCUT2D eigenvalue weighted by atomic mass is 35.5. The van der Waals surface area contributed by atoms with E-state index >= 15 is 0 Å². The number of halogens is 4. The standard InChI is InChI=1S/C14H14Cl4O/c1-7-2-4-8(5-3-7)14(19)11-9(15)6-10(16)12(17)13(11)18/h6-8H,2-5H2,1H3. The van der Waals surface area contributed by atoms with Crippen LogP contribution in [-0.4, -0.2) is 5.78 Å². The number of ketones is 1. The van der Waals surface area contributed by atoms with E-state index in [0.717, 1.165) is 25.7 Å². The third-order valence-electron chi connectivity index (χ3n) is 3.75. The summed E-state index contributed by atoms with van der Waals surface area (Å²) in [5, 5.41) is 0.913. The summed E-state index contributed by atoms with van der Waals surface area (Å²) in [5.41, 5.74) is 0.317. The van der Waals surface area contributed by atoms with E-state index in [1.165, 1.54) is 6.07 Å². The van der Waals surface area contributed by atoms with Crippen molar-refractivity contribution in [2.24, 2.45) is 11.8 Å². The van der Waals surface area contributed by atoms with E-state index in [2.05, 4.69) is 6.92 Å². The van der Waals surface area contributed by atoms with Crippen LogP contribution in [0.3, 0.4) is 0 Å². The van der Waals surface area contributed by atoms with Crippen LogP contribution in [-0.2, 0) is 0 Å². The minimum Gasteiger partial charge on any atom is -0.294 e. The van der Waals surface area contributed by atoms with Gasteiger partial charge >= 0.3 is 0 Å².